The van der Waals surface area contributed by atoms with Gasteiger partial charge in [-0.1, -0.05) is 18.2 Å². The third-order valence-electron chi connectivity index (χ3n) is 6.41. The highest BCUT2D eigenvalue weighted by molar-refractivity contribution is 5.99. The van der Waals surface area contributed by atoms with Gasteiger partial charge in [0.1, 0.15) is 5.69 Å². The first-order valence-electron chi connectivity index (χ1n) is 11.5. The summed E-state index contributed by atoms with van der Waals surface area (Å²) in [5.74, 6) is 0.423. The van der Waals surface area contributed by atoms with Gasteiger partial charge in [-0.3, -0.25) is 19.1 Å². The molecule has 0 saturated carbocycles. The molecule has 0 bridgehead atoms. The van der Waals surface area contributed by atoms with Crippen LogP contribution in [0.1, 0.15) is 44.7 Å². The largest absolute Gasteiger partial charge is 0.493 e. The number of nitrogens with zero attached hydrogens (tertiary/aromatic N) is 3. The molecule has 36 heavy (non-hydrogen) atoms. The Kier molecular flexibility index (Phi) is 6.70. The SMILES string of the molecule is COc1cc(C(C)=O)ccc1OCC(=O)c1cc(C)n(-c2c(C)n(C)n(-c3ccccc3)c2=O)c1C. The van der Waals surface area contributed by atoms with Crippen molar-refractivity contribution in [2.75, 3.05) is 13.7 Å². The van der Waals surface area contributed by atoms with E-state index in [0.717, 1.165) is 17.1 Å². The molecule has 0 spiro atoms. The van der Waals surface area contributed by atoms with Gasteiger partial charge in [0, 0.05) is 29.6 Å². The smallest absolute Gasteiger partial charge is 0.295 e. The van der Waals surface area contributed by atoms with E-state index in [2.05, 4.69) is 0 Å². The first-order valence-corrected chi connectivity index (χ1v) is 11.5. The molecule has 0 N–H and O–H groups in total. The predicted molar refractivity (Wildman–Crippen MR) is 137 cm³/mol. The van der Waals surface area contributed by atoms with Crippen LogP contribution in [0.2, 0.25) is 0 Å². The van der Waals surface area contributed by atoms with Crippen LogP contribution in [0.4, 0.5) is 0 Å². The van der Waals surface area contributed by atoms with Crippen LogP contribution in [0.25, 0.3) is 11.4 Å². The van der Waals surface area contributed by atoms with Gasteiger partial charge in [-0.2, -0.15) is 0 Å². The minimum atomic E-state index is -0.232. The van der Waals surface area contributed by atoms with Gasteiger partial charge in [-0.25, -0.2) is 4.68 Å². The zero-order chi connectivity index (χ0) is 26.1. The lowest BCUT2D eigenvalue weighted by atomic mass is 10.1. The molecule has 8 heteroatoms. The number of aromatic nitrogens is 3. The predicted octanol–water partition coefficient (Wildman–Crippen LogP) is 4.36. The van der Waals surface area contributed by atoms with E-state index in [4.69, 9.17) is 9.47 Å². The highest BCUT2D eigenvalue weighted by Gasteiger charge is 2.24. The zero-order valence-corrected chi connectivity index (χ0v) is 21.3. The Hall–Kier alpha value is -4.33. The number of hydrogen-bond donors (Lipinski definition) is 0. The molecule has 4 rings (SSSR count). The summed E-state index contributed by atoms with van der Waals surface area (Å²) < 4.78 is 16.3. The second-order valence-electron chi connectivity index (χ2n) is 8.66. The van der Waals surface area contributed by atoms with Gasteiger partial charge in [0.15, 0.2) is 23.9 Å². The topological polar surface area (TPSA) is 84.5 Å². The van der Waals surface area contributed by atoms with Gasteiger partial charge in [0.05, 0.1) is 18.5 Å². The summed E-state index contributed by atoms with van der Waals surface area (Å²) in [5, 5.41) is 0. The number of ether oxygens (including phenoxy) is 2. The Labute approximate surface area is 209 Å². The van der Waals surface area contributed by atoms with Crippen LogP contribution in [0, 0.1) is 20.8 Å². The summed E-state index contributed by atoms with van der Waals surface area (Å²) in [7, 11) is 3.32. The number of carbonyl (C=O) groups is 2. The molecule has 8 nitrogen and oxygen atoms in total. The lowest BCUT2D eigenvalue weighted by Crippen LogP contribution is -2.22. The minimum Gasteiger partial charge on any atom is -0.493 e. The second-order valence-corrected chi connectivity index (χ2v) is 8.66. The van der Waals surface area contributed by atoms with Crippen LogP contribution in [0.15, 0.2) is 59.4 Å². The fourth-order valence-corrected chi connectivity index (χ4v) is 4.43. The molecule has 2 aromatic carbocycles. The van der Waals surface area contributed by atoms with Crippen molar-refractivity contribution in [2.24, 2.45) is 7.05 Å². The molecule has 0 aliphatic heterocycles. The van der Waals surface area contributed by atoms with Gasteiger partial charge < -0.3 is 14.0 Å². The molecule has 0 atom stereocenters. The quantitative estimate of drug-likeness (QED) is 0.345. The second kappa shape index (κ2) is 9.73. The van der Waals surface area contributed by atoms with Crippen molar-refractivity contribution >= 4 is 11.6 Å². The number of rotatable bonds is 8. The molecule has 0 fully saturated rings. The minimum absolute atomic E-state index is 0.0918. The van der Waals surface area contributed by atoms with E-state index in [1.165, 1.54) is 14.0 Å². The van der Waals surface area contributed by atoms with Crippen molar-refractivity contribution < 1.29 is 19.1 Å². The average Bonchev–Trinajstić information content (AvgIpc) is 3.28. The van der Waals surface area contributed by atoms with E-state index in [0.29, 0.717) is 34.0 Å². The molecule has 4 aromatic rings. The number of aryl methyl sites for hydroxylation is 1. The Morgan fingerprint density at radius 1 is 0.917 bits per heavy atom. The molecule has 2 heterocycles. The summed E-state index contributed by atoms with van der Waals surface area (Å²) in [6.07, 6.45) is 0. The van der Waals surface area contributed by atoms with Crippen molar-refractivity contribution in [3.05, 3.63) is 93.2 Å². The molecule has 0 aliphatic carbocycles. The highest BCUT2D eigenvalue weighted by atomic mass is 16.5. The van der Waals surface area contributed by atoms with E-state index in [9.17, 15) is 14.4 Å². The number of para-hydroxylation sites is 1. The van der Waals surface area contributed by atoms with Crippen LogP contribution in [0.5, 0.6) is 11.5 Å². The van der Waals surface area contributed by atoms with Crippen molar-refractivity contribution in [1.29, 1.82) is 0 Å². The van der Waals surface area contributed by atoms with E-state index in [1.54, 1.807) is 28.9 Å². The maximum Gasteiger partial charge on any atom is 0.295 e. The summed E-state index contributed by atoms with van der Waals surface area (Å²) in [6.45, 7) is 6.82. The maximum atomic E-state index is 13.5. The highest BCUT2D eigenvalue weighted by Crippen LogP contribution is 2.29. The van der Waals surface area contributed by atoms with Gasteiger partial charge in [0.2, 0.25) is 5.78 Å². The van der Waals surface area contributed by atoms with Crippen LogP contribution >= 0.6 is 0 Å². The molecule has 186 valence electrons. The molecule has 0 radical (unpaired) electrons. The Morgan fingerprint density at radius 2 is 1.61 bits per heavy atom. The lowest BCUT2D eigenvalue weighted by Gasteiger charge is -2.11. The number of benzene rings is 2. The van der Waals surface area contributed by atoms with Crippen molar-refractivity contribution in [3.8, 4) is 22.9 Å². The van der Waals surface area contributed by atoms with Crippen molar-refractivity contribution in [1.82, 2.24) is 13.9 Å². The Morgan fingerprint density at radius 3 is 2.25 bits per heavy atom. The van der Waals surface area contributed by atoms with Crippen LogP contribution in [0.3, 0.4) is 0 Å². The summed E-state index contributed by atoms with van der Waals surface area (Å²) in [5.41, 5.74) is 4.25. The number of carbonyl (C=O) groups excluding carboxylic acids is 2. The lowest BCUT2D eigenvalue weighted by molar-refractivity contribution is 0.0917. The van der Waals surface area contributed by atoms with Gasteiger partial charge >= 0.3 is 0 Å². The third-order valence-corrected chi connectivity index (χ3v) is 6.41. The first kappa shape index (κ1) is 24.8. The monoisotopic (exact) mass is 487 g/mol. The number of methoxy groups -OCH3 is 1. The molecule has 0 unspecified atom stereocenters. The van der Waals surface area contributed by atoms with Crippen LogP contribution in [-0.2, 0) is 7.05 Å². The molecule has 0 saturated heterocycles. The Bertz CT molecular complexity index is 1520. The van der Waals surface area contributed by atoms with Gasteiger partial charge in [0.25, 0.3) is 5.56 Å². The van der Waals surface area contributed by atoms with Crippen LogP contribution in [-0.4, -0.2) is 39.2 Å². The summed E-state index contributed by atoms with van der Waals surface area (Å²) >= 11 is 0. The van der Waals surface area contributed by atoms with Gasteiger partial charge in [-0.05, 0) is 64.1 Å². The number of Topliss-reactive ketones (excluding diaryl/α,β-unsaturated/α-hetero) is 2. The molecule has 0 aliphatic rings. The van der Waals surface area contributed by atoms with Crippen LogP contribution < -0.4 is 15.0 Å². The van der Waals surface area contributed by atoms with E-state index in [-0.39, 0.29) is 23.7 Å². The zero-order valence-electron chi connectivity index (χ0n) is 21.3. The fraction of sp³-hybridized carbons (Fsp3) is 0.250. The maximum absolute atomic E-state index is 13.5. The third kappa shape index (κ3) is 4.26. The van der Waals surface area contributed by atoms with Gasteiger partial charge in [-0.15, -0.1) is 0 Å². The van der Waals surface area contributed by atoms with E-state index >= 15 is 0 Å². The Balaban J connectivity index is 1.66. The number of ketones is 2. The fourth-order valence-electron chi connectivity index (χ4n) is 4.43. The molecular weight excluding hydrogens is 458 g/mol. The summed E-state index contributed by atoms with van der Waals surface area (Å²) in [6, 6.07) is 16.0. The standard InChI is InChI=1S/C28H29N3O5/c1-17-14-23(24(33)16-36-25-13-12-21(20(4)32)15-26(25)35-6)18(2)30(17)27-19(3)29(5)31(28(27)34)22-10-8-7-9-11-22/h7-15H,16H2,1-6H3. The average molecular weight is 488 g/mol. The summed E-state index contributed by atoms with van der Waals surface area (Å²) in [4.78, 5) is 38.3. The molecular formula is C28H29N3O5. The molecule has 0 amide bonds. The number of hydrogen-bond acceptors (Lipinski definition) is 5. The van der Waals surface area contributed by atoms with E-state index < -0.39 is 0 Å². The first-order chi connectivity index (χ1) is 17.1. The van der Waals surface area contributed by atoms with Crippen molar-refractivity contribution in [3.63, 3.8) is 0 Å². The van der Waals surface area contributed by atoms with E-state index in [1.807, 2.05) is 67.4 Å². The normalized spacial score (nSPS) is 10.9. The molecule has 2 aromatic heterocycles. The van der Waals surface area contributed by atoms with Crippen molar-refractivity contribution in [2.45, 2.75) is 27.7 Å².